The molecule has 0 saturated carbocycles. The molecule has 43 heavy (non-hydrogen) atoms. The summed E-state index contributed by atoms with van der Waals surface area (Å²) in [6.45, 7) is 6.88. The first-order valence-electron chi connectivity index (χ1n) is 14.5. The molecule has 3 rings (SSSR count). The topological polar surface area (TPSA) is 191 Å². The SMILES string of the molecule is COc1cccc2[nH]c(C(=O)N[C@@H](CC(C)C)C(=O)N[C@@H](C[C@@H]3CCNC3=O)C(=O)COCOC(=O)[C@H](N)C(C)C)cc12. The molecule has 13 heteroatoms. The summed E-state index contributed by atoms with van der Waals surface area (Å²) in [6.07, 6.45) is 0.872. The number of hydrogen-bond acceptors (Lipinski definition) is 9. The van der Waals surface area contributed by atoms with Crippen molar-refractivity contribution in [2.24, 2.45) is 23.5 Å². The van der Waals surface area contributed by atoms with Crippen LogP contribution in [0.5, 0.6) is 5.75 Å². The van der Waals surface area contributed by atoms with Gasteiger partial charge >= 0.3 is 5.97 Å². The monoisotopic (exact) mass is 601 g/mol. The van der Waals surface area contributed by atoms with Crippen LogP contribution >= 0.6 is 0 Å². The third kappa shape index (κ3) is 9.26. The molecule has 1 aliphatic rings. The zero-order chi connectivity index (χ0) is 31.7. The van der Waals surface area contributed by atoms with Crippen molar-refractivity contribution in [2.75, 3.05) is 27.1 Å². The summed E-state index contributed by atoms with van der Waals surface area (Å²) in [7, 11) is 1.54. The fourth-order valence-corrected chi connectivity index (χ4v) is 4.78. The van der Waals surface area contributed by atoms with E-state index in [1.807, 2.05) is 19.9 Å². The summed E-state index contributed by atoms with van der Waals surface area (Å²) < 4.78 is 15.6. The number of carbonyl (C=O) groups excluding carboxylic acids is 5. The van der Waals surface area contributed by atoms with Gasteiger partial charge < -0.3 is 40.9 Å². The van der Waals surface area contributed by atoms with Gasteiger partial charge in [-0.25, -0.2) is 0 Å². The number of methoxy groups -OCH3 is 1. The first kappa shape index (κ1) is 33.5. The van der Waals surface area contributed by atoms with Gasteiger partial charge in [-0.05, 0) is 49.3 Å². The molecule has 0 unspecified atom stereocenters. The summed E-state index contributed by atoms with van der Waals surface area (Å²) >= 11 is 0. The smallest absolute Gasteiger partial charge is 0.325 e. The van der Waals surface area contributed by atoms with Crippen molar-refractivity contribution in [3.63, 3.8) is 0 Å². The number of hydrogen-bond donors (Lipinski definition) is 5. The van der Waals surface area contributed by atoms with Crippen molar-refractivity contribution in [3.8, 4) is 5.75 Å². The standard InChI is InChI=1S/C30H43N5O8/c1-16(2)11-22(35-29(39)23-13-19-20(33-23)7-6-8-25(19)41-5)28(38)34-21(12-18-9-10-32-27(18)37)24(36)14-42-15-43-30(40)26(31)17(3)4/h6-8,13,16-18,21-22,26,33H,9-12,14-15,31H2,1-5H3,(H,32,37)(H,34,38)(H,35,39)/t18-,21-,22-,26+/m0/s1. The minimum absolute atomic E-state index is 0.0313. The van der Waals surface area contributed by atoms with E-state index in [2.05, 4.69) is 20.9 Å². The predicted molar refractivity (Wildman–Crippen MR) is 158 cm³/mol. The van der Waals surface area contributed by atoms with Crippen LogP contribution in [0.4, 0.5) is 0 Å². The number of ether oxygens (including phenoxy) is 3. The molecule has 1 fully saturated rings. The lowest BCUT2D eigenvalue weighted by Crippen LogP contribution is -2.53. The first-order valence-corrected chi connectivity index (χ1v) is 14.5. The number of carbonyl (C=O) groups is 5. The fraction of sp³-hybridized carbons (Fsp3) is 0.567. The average molecular weight is 602 g/mol. The fourth-order valence-electron chi connectivity index (χ4n) is 4.78. The molecule has 1 saturated heterocycles. The highest BCUT2D eigenvalue weighted by molar-refractivity contribution is 6.02. The Kier molecular flexibility index (Phi) is 12.1. The van der Waals surface area contributed by atoms with E-state index in [1.165, 1.54) is 7.11 Å². The molecular weight excluding hydrogens is 558 g/mol. The Morgan fingerprint density at radius 1 is 1.09 bits per heavy atom. The third-order valence-corrected chi connectivity index (χ3v) is 7.33. The third-order valence-electron chi connectivity index (χ3n) is 7.33. The van der Waals surface area contributed by atoms with Crippen LogP contribution in [-0.4, -0.2) is 79.6 Å². The van der Waals surface area contributed by atoms with Crippen molar-refractivity contribution in [1.82, 2.24) is 20.9 Å². The number of rotatable bonds is 16. The number of amides is 3. The normalized spacial score (nSPS) is 16.9. The molecule has 2 heterocycles. The van der Waals surface area contributed by atoms with E-state index in [4.69, 9.17) is 19.9 Å². The number of aromatic amines is 1. The first-order chi connectivity index (χ1) is 20.4. The second-order valence-corrected chi connectivity index (χ2v) is 11.5. The van der Waals surface area contributed by atoms with Gasteiger partial charge in [-0.2, -0.15) is 0 Å². The van der Waals surface area contributed by atoms with E-state index < -0.39 is 61.0 Å². The number of esters is 1. The highest BCUT2D eigenvalue weighted by Gasteiger charge is 2.33. The van der Waals surface area contributed by atoms with Crippen LogP contribution in [0.3, 0.4) is 0 Å². The number of ketones is 1. The number of nitrogens with one attached hydrogen (secondary N) is 4. The van der Waals surface area contributed by atoms with Crippen molar-refractivity contribution >= 4 is 40.4 Å². The molecule has 0 aliphatic carbocycles. The number of H-pyrrole nitrogens is 1. The number of fused-ring (bicyclic) bond motifs is 1. The molecule has 236 valence electrons. The van der Waals surface area contributed by atoms with Crippen molar-refractivity contribution in [2.45, 2.75) is 65.1 Å². The zero-order valence-electron chi connectivity index (χ0n) is 25.4. The molecule has 0 spiro atoms. The molecule has 1 aliphatic heterocycles. The maximum absolute atomic E-state index is 13.5. The Balaban J connectivity index is 1.70. The van der Waals surface area contributed by atoms with E-state index >= 15 is 0 Å². The van der Waals surface area contributed by atoms with Crippen LogP contribution in [0.25, 0.3) is 10.9 Å². The van der Waals surface area contributed by atoms with Gasteiger partial charge in [-0.15, -0.1) is 0 Å². The van der Waals surface area contributed by atoms with Gasteiger partial charge in [0.05, 0.1) is 13.2 Å². The Labute approximate surface area is 250 Å². The molecule has 1 aromatic carbocycles. The maximum Gasteiger partial charge on any atom is 0.325 e. The molecule has 0 radical (unpaired) electrons. The van der Waals surface area contributed by atoms with Gasteiger partial charge in [0.15, 0.2) is 12.6 Å². The van der Waals surface area contributed by atoms with Crippen molar-refractivity contribution in [3.05, 3.63) is 30.0 Å². The van der Waals surface area contributed by atoms with Crippen LogP contribution in [0.2, 0.25) is 0 Å². The summed E-state index contributed by atoms with van der Waals surface area (Å²) in [6, 6.07) is 4.17. The average Bonchev–Trinajstić information content (AvgIpc) is 3.59. The maximum atomic E-state index is 13.5. The van der Waals surface area contributed by atoms with Crippen LogP contribution < -0.4 is 26.4 Å². The molecule has 0 bridgehead atoms. The summed E-state index contributed by atoms with van der Waals surface area (Å²) in [5.41, 5.74) is 6.70. The lowest BCUT2D eigenvalue weighted by Gasteiger charge is -2.25. The largest absolute Gasteiger partial charge is 0.496 e. The van der Waals surface area contributed by atoms with Gasteiger partial charge in [0.1, 0.15) is 30.1 Å². The minimum Gasteiger partial charge on any atom is -0.496 e. The van der Waals surface area contributed by atoms with Crippen LogP contribution in [-0.2, 0) is 28.7 Å². The van der Waals surface area contributed by atoms with Gasteiger partial charge in [0.25, 0.3) is 5.91 Å². The number of benzene rings is 1. The highest BCUT2D eigenvalue weighted by atomic mass is 16.7. The molecule has 6 N–H and O–H groups in total. The Morgan fingerprint density at radius 2 is 1.84 bits per heavy atom. The predicted octanol–water partition coefficient (Wildman–Crippen LogP) is 1.40. The number of Topliss-reactive ketones (excluding diaryl/α,β-unsaturated/α-hetero) is 1. The van der Waals surface area contributed by atoms with E-state index in [0.717, 1.165) is 5.39 Å². The quantitative estimate of drug-likeness (QED) is 0.108. The summed E-state index contributed by atoms with van der Waals surface area (Å²) in [5.74, 6) is -2.41. The molecule has 1 aromatic heterocycles. The van der Waals surface area contributed by atoms with Crippen LogP contribution in [0.1, 0.15) is 57.4 Å². The van der Waals surface area contributed by atoms with Gasteiger partial charge in [0, 0.05) is 23.4 Å². The van der Waals surface area contributed by atoms with E-state index in [0.29, 0.717) is 30.7 Å². The number of aromatic nitrogens is 1. The Hall–Kier alpha value is -3.97. The van der Waals surface area contributed by atoms with Crippen molar-refractivity contribution in [1.29, 1.82) is 0 Å². The molecule has 2 aromatic rings. The molecule has 4 atom stereocenters. The molecule has 13 nitrogen and oxygen atoms in total. The van der Waals surface area contributed by atoms with Gasteiger partial charge in [0.2, 0.25) is 11.8 Å². The lowest BCUT2D eigenvalue weighted by atomic mass is 9.95. The summed E-state index contributed by atoms with van der Waals surface area (Å²) in [4.78, 5) is 67.2. The van der Waals surface area contributed by atoms with E-state index in [1.54, 1.807) is 32.0 Å². The van der Waals surface area contributed by atoms with Gasteiger partial charge in [-0.1, -0.05) is 33.8 Å². The number of nitrogens with two attached hydrogens (primary N) is 1. The highest BCUT2D eigenvalue weighted by Crippen LogP contribution is 2.26. The van der Waals surface area contributed by atoms with Crippen LogP contribution in [0, 0.1) is 17.8 Å². The summed E-state index contributed by atoms with van der Waals surface area (Å²) in [5, 5.41) is 8.96. The lowest BCUT2D eigenvalue weighted by molar-refractivity contribution is -0.161. The Bertz CT molecular complexity index is 1310. The van der Waals surface area contributed by atoms with E-state index in [-0.39, 0.29) is 29.9 Å². The van der Waals surface area contributed by atoms with Crippen LogP contribution in [0.15, 0.2) is 24.3 Å². The van der Waals surface area contributed by atoms with Crippen molar-refractivity contribution < 1.29 is 38.2 Å². The Morgan fingerprint density at radius 3 is 2.47 bits per heavy atom. The molecular formula is C30H43N5O8. The van der Waals surface area contributed by atoms with E-state index in [9.17, 15) is 24.0 Å². The second-order valence-electron chi connectivity index (χ2n) is 11.5. The zero-order valence-corrected chi connectivity index (χ0v) is 25.4. The second kappa shape index (κ2) is 15.5. The molecule has 3 amide bonds. The minimum atomic E-state index is -1.07. The van der Waals surface area contributed by atoms with Gasteiger partial charge in [-0.3, -0.25) is 24.0 Å².